The van der Waals surface area contributed by atoms with Gasteiger partial charge in [0.05, 0.1) is 26.6 Å². The highest BCUT2D eigenvalue weighted by molar-refractivity contribution is 5.79. The Morgan fingerprint density at radius 3 is 2.41 bits per heavy atom. The number of ether oxygens (including phenoxy) is 2. The Kier molecular flexibility index (Phi) is 4.69. The molecule has 17 heavy (non-hydrogen) atoms. The van der Waals surface area contributed by atoms with Crippen LogP contribution in [0.4, 0.5) is 0 Å². The average molecular weight is 236 g/mol. The molecule has 0 N–H and O–H groups in total. The highest BCUT2D eigenvalue weighted by Gasteiger charge is 2.19. The molecular weight excluding hydrogens is 220 g/mol. The maximum Gasteiger partial charge on any atom is 0.312 e. The van der Waals surface area contributed by atoms with Crippen molar-refractivity contribution in [1.82, 2.24) is 0 Å². The number of carbonyl (C=O) groups excluding carboxylic acids is 2. The lowest BCUT2D eigenvalue weighted by Gasteiger charge is -2.13. The summed E-state index contributed by atoms with van der Waals surface area (Å²) in [6.07, 6.45) is 0.161. The summed E-state index contributed by atoms with van der Waals surface area (Å²) in [5.74, 6) is -1.03. The lowest BCUT2D eigenvalue weighted by molar-refractivity contribution is -0.142. The molecule has 0 heterocycles. The fourth-order valence-electron chi connectivity index (χ4n) is 1.65. The predicted molar refractivity (Wildman–Crippen MR) is 62.6 cm³/mol. The molecule has 0 spiro atoms. The third-order valence-electron chi connectivity index (χ3n) is 2.64. The fraction of sp³-hybridized carbons (Fsp3) is 0.385. The zero-order chi connectivity index (χ0) is 12.8. The van der Waals surface area contributed by atoms with Gasteiger partial charge in [-0.05, 0) is 18.1 Å². The van der Waals surface area contributed by atoms with Crippen LogP contribution in [0.2, 0.25) is 0 Å². The van der Waals surface area contributed by atoms with Gasteiger partial charge in [0.25, 0.3) is 0 Å². The lowest BCUT2D eigenvalue weighted by Crippen LogP contribution is -2.14. The van der Waals surface area contributed by atoms with E-state index in [1.807, 2.05) is 24.3 Å². The maximum atomic E-state index is 11.5. The molecule has 0 aromatic heterocycles. The monoisotopic (exact) mass is 236 g/mol. The first-order valence-corrected chi connectivity index (χ1v) is 5.32. The van der Waals surface area contributed by atoms with Crippen LogP contribution in [0.3, 0.4) is 0 Å². The van der Waals surface area contributed by atoms with Gasteiger partial charge in [0.1, 0.15) is 0 Å². The van der Waals surface area contributed by atoms with Crippen molar-refractivity contribution < 1.29 is 19.1 Å². The molecule has 0 amide bonds. The van der Waals surface area contributed by atoms with E-state index in [4.69, 9.17) is 4.74 Å². The van der Waals surface area contributed by atoms with Gasteiger partial charge in [-0.2, -0.15) is 0 Å². The zero-order valence-electron chi connectivity index (χ0n) is 10.2. The number of benzene rings is 1. The molecule has 0 radical (unpaired) electrons. The van der Waals surface area contributed by atoms with Gasteiger partial charge in [-0.25, -0.2) is 0 Å². The lowest BCUT2D eigenvalue weighted by atomic mass is 9.94. The molecule has 92 valence electrons. The van der Waals surface area contributed by atoms with Crippen LogP contribution in [-0.2, 0) is 25.5 Å². The molecule has 0 aliphatic rings. The Labute approximate surface area is 101 Å². The van der Waals surface area contributed by atoms with E-state index in [0.29, 0.717) is 0 Å². The van der Waals surface area contributed by atoms with Crippen molar-refractivity contribution in [2.45, 2.75) is 19.3 Å². The quantitative estimate of drug-likeness (QED) is 0.746. The maximum absolute atomic E-state index is 11.5. The van der Waals surface area contributed by atoms with Crippen molar-refractivity contribution in [3.63, 3.8) is 0 Å². The topological polar surface area (TPSA) is 52.6 Å². The minimum Gasteiger partial charge on any atom is -0.469 e. The van der Waals surface area contributed by atoms with Crippen LogP contribution in [0.1, 0.15) is 24.0 Å². The first kappa shape index (κ1) is 13.2. The molecule has 4 nitrogen and oxygen atoms in total. The second-order valence-corrected chi connectivity index (χ2v) is 3.70. The summed E-state index contributed by atoms with van der Waals surface area (Å²) in [7, 11) is 2.69. The van der Waals surface area contributed by atoms with Crippen molar-refractivity contribution in [3.05, 3.63) is 35.4 Å². The fourth-order valence-corrected chi connectivity index (χ4v) is 1.65. The smallest absolute Gasteiger partial charge is 0.312 e. The molecule has 1 aromatic rings. The number of rotatable bonds is 4. The van der Waals surface area contributed by atoms with Gasteiger partial charge in [-0.1, -0.05) is 24.3 Å². The SMILES string of the molecule is COC(=O)Cc1ccccc1C(C)C(=O)OC. The highest BCUT2D eigenvalue weighted by atomic mass is 16.5. The average Bonchev–Trinajstić information content (AvgIpc) is 2.37. The van der Waals surface area contributed by atoms with Gasteiger partial charge in [0.2, 0.25) is 0 Å². The largest absolute Gasteiger partial charge is 0.469 e. The van der Waals surface area contributed by atoms with Gasteiger partial charge in [-0.3, -0.25) is 9.59 Å². The van der Waals surface area contributed by atoms with E-state index in [1.54, 1.807) is 6.92 Å². The highest BCUT2D eigenvalue weighted by Crippen LogP contribution is 2.21. The summed E-state index contributed by atoms with van der Waals surface area (Å²) < 4.78 is 9.32. The molecule has 1 unspecified atom stereocenters. The molecule has 1 atom stereocenters. The molecule has 0 bridgehead atoms. The van der Waals surface area contributed by atoms with Gasteiger partial charge in [0, 0.05) is 0 Å². The molecule has 0 saturated heterocycles. The van der Waals surface area contributed by atoms with Gasteiger partial charge in [-0.15, -0.1) is 0 Å². The summed E-state index contributed by atoms with van der Waals surface area (Å²) in [5, 5.41) is 0. The molecule has 1 aromatic carbocycles. The molecule has 0 fully saturated rings. The van der Waals surface area contributed by atoms with E-state index in [-0.39, 0.29) is 24.3 Å². The van der Waals surface area contributed by atoms with E-state index in [0.717, 1.165) is 11.1 Å². The van der Waals surface area contributed by atoms with Crippen molar-refractivity contribution in [2.75, 3.05) is 14.2 Å². The van der Waals surface area contributed by atoms with Crippen LogP contribution >= 0.6 is 0 Å². The summed E-state index contributed by atoms with van der Waals surface area (Å²) in [6, 6.07) is 7.28. The van der Waals surface area contributed by atoms with E-state index in [1.165, 1.54) is 14.2 Å². The van der Waals surface area contributed by atoms with Crippen molar-refractivity contribution in [1.29, 1.82) is 0 Å². The number of carbonyl (C=O) groups is 2. The van der Waals surface area contributed by atoms with Crippen molar-refractivity contribution >= 4 is 11.9 Å². The molecular formula is C13H16O4. The summed E-state index contributed by atoms with van der Waals surface area (Å²) in [4.78, 5) is 22.7. The zero-order valence-corrected chi connectivity index (χ0v) is 10.2. The third kappa shape index (κ3) is 3.31. The van der Waals surface area contributed by atoms with E-state index >= 15 is 0 Å². The summed E-state index contributed by atoms with van der Waals surface area (Å²) in [5.41, 5.74) is 1.59. The Hall–Kier alpha value is -1.84. The minimum atomic E-state index is -0.388. The van der Waals surface area contributed by atoms with Gasteiger partial charge < -0.3 is 9.47 Å². The predicted octanol–water partition coefficient (Wildman–Crippen LogP) is 1.68. The Morgan fingerprint density at radius 2 is 1.82 bits per heavy atom. The number of hydrogen-bond acceptors (Lipinski definition) is 4. The normalized spacial score (nSPS) is 11.7. The van der Waals surface area contributed by atoms with Gasteiger partial charge in [0.15, 0.2) is 0 Å². The van der Waals surface area contributed by atoms with Crippen molar-refractivity contribution in [2.24, 2.45) is 0 Å². The second-order valence-electron chi connectivity index (χ2n) is 3.70. The van der Waals surface area contributed by atoms with Crippen molar-refractivity contribution in [3.8, 4) is 0 Å². The summed E-state index contributed by atoms with van der Waals surface area (Å²) in [6.45, 7) is 1.75. The first-order chi connectivity index (χ1) is 8.10. The Bertz CT molecular complexity index is 412. The van der Waals surface area contributed by atoms with Gasteiger partial charge >= 0.3 is 11.9 Å². The van der Waals surface area contributed by atoms with Crippen LogP contribution in [0.15, 0.2) is 24.3 Å². The number of hydrogen-bond donors (Lipinski definition) is 0. The van der Waals surface area contributed by atoms with Crippen LogP contribution in [-0.4, -0.2) is 26.2 Å². The first-order valence-electron chi connectivity index (χ1n) is 5.32. The number of methoxy groups -OCH3 is 2. The van der Waals surface area contributed by atoms with Crippen LogP contribution in [0.5, 0.6) is 0 Å². The molecule has 0 saturated carbocycles. The molecule has 1 rings (SSSR count). The van der Waals surface area contributed by atoms with Crippen LogP contribution < -0.4 is 0 Å². The molecule has 4 heteroatoms. The summed E-state index contributed by atoms with van der Waals surface area (Å²) >= 11 is 0. The molecule has 0 aliphatic heterocycles. The standard InChI is InChI=1S/C13H16O4/c1-9(13(15)17-3)11-7-5-4-6-10(11)8-12(14)16-2/h4-7,9H,8H2,1-3H3. The van der Waals surface area contributed by atoms with E-state index in [2.05, 4.69) is 4.74 Å². The van der Waals surface area contributed by atoms with E-state index < -0.39 is 0 Å². The molecule has 0 aliphatic carbocycles. The van der Waals surface area contributed by atoms with E-state index in [9.17, 15) is 9.59 Å². The minimum absolute atomic E-state index is 0.161. The Balaban J connectivity index is 2.99. The third-order valence-corrected chi connectivity index (χ3v) is 2.64. The second kappa shape index (κ2) is 6.03. The number of esters is 2. The van der Waals surface area contributed by atoms with Crippen LogP contribution in [0, 0.1) is 0 Å². The van der Waals surface area contributed by atoms with Crippen LogP contribution in [0.25, 0.3) is 0 Å². The Morgan fingerprint density at radius 1 is 1.18 bits per heavy atom.